The second-order valence-corrected chi connectivity index (χ2v) is 7.93. The first-order chi connectivity index (χ1) is 13.9. The van der Waals surface area contributed by atoms with Gasteiger partial charge >= 0.3 is 0 Å². The molecule has 0 radical (unpaired) electrons. The zero-order valence-electron chi connectivity index (χ0n) is 16.6. The number of carbonyl (C=O) groups is 1. The molecule has 3 atom stereocenters. The molecule has 1 amide bonds. The summed E-state index contributed by atoms with van der Waals surface area (Å²) in [5.74, 6) is 0.751. The number of piperazine rings is 1. The molecule has 1 aliphatic heterocycles. The highest BCUT2D eigenvalue weighted by molar-refractivity contribution is 6.33. The maximum absolute atomic E-state index is 12.8. The summed E-state index contributed by atoms with van der Waals surface area (Å²) in [5.41, 5.74) is 2.14. The third kappa shape index (κ3) is 3.96. The standard InChI is InChI=1S/C20H24ClN7O/c1-12-9-28(10-17(29)25-15-7-5-4-6-14(15)21)18(13(2)24-12)20-26-16-8-22-11-23-19(16)27(20)3/h4-8,11-13,18,24H,9-10H2,1-3H3,(H,25,29)/t12?,13-,18-/m0/s1. The molecule has 1 saturated heterocycles. The lowest BCUT2D eigenvalue weighted by Gasteiger charge is -2.42. The summed E-state index contributed by atoms with van der Waals surface area (Å²) < 4.78 is 1.98. The van der Waals surface area contributed by atoms with Crippen molar-refractivity contribution in [3.05, 3.63) is 47.6 Å². The van der Waals surface area contributed by atoms with Crippen molar-refractivity contribution in [3.63, 3.8) is 0 Å². The summed E-state index contributed by atoms with van der Waals surface area (Å²) >= 11 is 6.18. The fourth-order valence-corrected chi connectivity index (χ4v) is 4.27. The third-order valence-corrected chi connectivity index (χ3v) is 5.58. The molecular formula is C20H24ClN7O. The number of amides is 1. The van der Waals surface area contributed by atoms with Crippen LogP contribution in [0.3, 0.4) is 0 Å². The number of anilines is 1. The van der Waals surface area contributed by atoms with E-state index in [1.54, 1.807) is 18.3 Å². The molecule has 9 heteroatoms. The van der Waals surface area contributed by atoms with Gasteiger partial charge < -0.3 is 15.2 Å². The van der Waals surface area contributed by atoms with Crippen LogP contribution in [0.5, 0.6) is 0 Å². The van der Waals surface area contributed by atoms with Crippen LogP contribution < -0.4 is 10.6 Å². The summed E-state index contributed by atoms with van der Waals surface area (Å²) in [6, 6.07) is 7.52. The van der Waals surface area contributed by atoms with Gasteiger partial charge in [-0.25, -0.2) is 15.0 Å². The van der Waals surface area contributed by atoms with Crippen LogP contribution in [-0.4, -0.2) is 55.5 Å². The van der Waals surface area contributed by atoms with Gasteiger partial charge in [0.15, 0.2) is 5.65 Å². The van der Waals surface area contributed by atoms with E-state index in [1.165, 1.54) is 6.33 Å². The first-order valence-corrected chi connectivity index (χ1v) is 9.98. The number of hydrogen-bond acceptors (Lipinski definition) is 6. The number of fused-ring (bicyclic) bond motifs is 1. The van der Waals surface area contributed by atoms with E-state index in [0.717, 1.165) is 23.5 Å². The average molecular weight is 414 g/mol. The van der Waals surface area contributed by atoms with Gasteiger partial charge in [-0.15, -0.1) is 0 Å². The maximum atomic E-state index is 12.8. The molecule has 3 heterocycles. The molecule has 0 aliphatic carbocycles. The molecule has 152 valence electrons. The van der Waals surface area contributed by atoms with Crippen molar-refractivity contribution < 1.29 is 4.79 Å². The van der Waals surface area contributed by atoms with Gasteiger partial charge in [0.1, 0.15) is 17.7 Å². The molecule has 2 N–H and O–H groups in total. The van der Waals surface area contributed by atoms with E-state index in [0.29, 0.717) is 10.7 Å². The van der Waals surface area contributed by atoms with E-state index in [-0.39, 0.29) is 30.6 Å². The molecule has 0 saturated carbocycles. The van der Waals surface area contributed by atoms with Crippen molar-refractivity contribution in [2.24, 2.45) is 7.05 Å². The summed E-state index contributed by atoms with van der Waals surface area (Å²) in [6.45, 7) is 5.19. The number of nitrogens with one attached hydrogen (secondary N) is 2. The first kappa shape index (κ1) is 19.8. The van der Waals surface area contributed by atoms with Crippen LogP contribution in [0.1, 0.15) is 25.7 Å². The molecule has 1 fully saturated rings. The van der Waals surface area contributed by atoms with Crippen molar-refractivity contribution >= 4 is 34.4 Å². The third-order valence-electron chi connectivity index (χ3n) is 5.25. The minimum atomic E-state index is -0.108. The second kappa shape index (κ2) is 8.06. The SMILES string of the molecule is CC1CN(CC(=O)Nc2ccccc2Cl)[C@H](c2nc3cncnc3n2C)[C@H](C)N1. The van der Waals surface area contributed by atoms with E-state index >= 15 is 0 Å². The second-order valence-electron chi connectivity index (χ2n) is 7.52. The lowest BCUT2D eigenvalue weighted by molar-refractivity contribution is -0.118. The Bertz CT molecular complexity index is 1040. The van der Waals surface area contributed by atoms with Gasteiger partial charge in [-0.05, 0) is 26.0 Å². The Hall–Kier alpha value is -2.55. The number of halogens is 1. The number of imidazole rings is 1. The van der Waals surface area contributed by atoms with E-state index < -0.39 is 0 Å². The minimum absolute atomic E-state index is 0.0811. The summed E-state index contributed by atoms with van der Waals surface area (Å²) in [6.07, 6.45) is 3.23. The number of benzene rings is 1. The predicted molar refractivity (Wildman–Crippen MR) is 113 cm³/mol. The highest BCUT2D eigenvalue weighted by atomic mass is 35.5. The van der Waals surface area contributed by atoms with Crippen LogP contribution in [-0.2, 0) is 11.8 Å². The molecule has 29 heavy (non-hydrogen) atoms. The predicted octanol–water partition coefficient (Wildman–Crippen LogP) is 2.38. The van der Waals surface area contributed by atoms with Crippen LogP contribution >= 0.6 is 11.6 Å². The largest absolute Gasteiger partial charge is 0.324 e. The van der Waals surface area contributed by atoms with Gasteiger partial charge in [0.2, 0.25) is 5.91 Å². The van der Waals surface area contributed by atoms with E-state index in [9.17, 15) is 4.79 Å². The molecule has 3 aromatic rings. The van der Waals surface area contributed by atoms with E-state index in [2.05, 4.69) is 39.3 Å². The number of aryl methyl sites for hydroxylation is 1. The lowest BCUT2D eigenvalue weighted by Crippen LogP contribution is -2.57. The zero-order valence-corrected chi connectivity index (χ0v) is 17.4. The van der Waals surface area contributed by atoms with Gasteiger partial charge in [-0.2, -0.15) is 0 Å². The fourth-order valence-electron chi connectivity index (χ4n) is 4.09. The molecule has 4 rings (SSSR count). The Morgan fingerprint density at radius 3 is 2.90 bits per heavy atom. The van der Waals surface area contributed by atoms with Crippen molar-refractivity contribution in [1.29, 1.82) is 0 Å². The summed E-state index contributed by atoms with van der Waals surface area (Å²) in [5, 5.41) is 7.02. The van der Waals surface area contributed by atoms with Gasteiger partial charge in [-0.3, -0.25) is 9.69 Å². The molecule has 1 aromatic carbocycles. The molecular weight excluding hydrogens is 390 g/mol. The van der Waals surface area contributed by atoms with Crippen LogP contribution in [0, 0.1) is 0 Å². The highest BCUT2D eigenvalue weighted by Gasteiger charge is 2.36. The molecule has 2 aromatic heterocycles. The number of aromatic nitrogens is 4. The van der Waals surface area contributed by atoms with Crippen molar-refractivity contribution in [1.82, 2.24) is 29.7 Å². The normalized spacial score (nSPS) is 22.7. The summed E-state index contributed by atoms with van der Waals surface area (Å²) in [4.78, 5) is 28.1. The van der Waals surface area contributed by atoms with E-state index in [4.69, 9.17) is 16.6 Å². The smallest absolute Gasteiger partial charge is 0.238 e. The number of rotatable bonds is 4. The monoisotopic (exact) mass is 413 g/mol. The molecule has 1 unspecified atom stereocenters. The van der Waals surface area contributed by atoms with Crippen LogP contribution in [0.15, 0.2) is 36.8 Å². The Balaban J connectivity index is 1.61. The lowest BCUT2D eigenvalue weighted by atomic mass is 10.0. The van der Waals surface area contributed by atoms with Crippen LogP contribution in [0.4, 0.5) is 5.69 Å². The average Bonchev–Trinajstić information content (AvgIpc) is 3.00. The Morgan fingerprint density at radius 2 is 2.14 bits per heavy atom. The number of carbonyl (C=O) groups excluding carboxylic acids is 1. The van der Waals surface area contributed by atoms with Crippen molar-refractivity contribution in [2.45, 2.75) is 32.0 Å². The number of hydrogen-bond donors (Lipinski definition) is 2. The van der Waals surface area contributed by atoms with Gasteiger partial charge in [0.25, 0.3) is 0 Å². The molecule has 0 spiro atoms. The Kier molecular flexibility index (Phi) is 5.49. The van der Waals surface area contributed by atoms with Crippen molar-refractivity contribution in [3.8, 4) is 0 Å². The van der Waals surface area contributed by atoms with Crippen LogP contribution in [0.25, 0.3) is 11.2 Å². The quantitative estimate of drug-likeness (QED) is 0.682. The van der Waals surface area contributed by atoms with Gasteiger partial charge in [-0.1, -0.05) is 23.7 Å². The van der Waals surface area contributed by atoms with E-state index in [1.807, 2.05) is 23.7 Å². The van der Waals surface area contributed by atoms with Gasteiger partial charge in [0, 0.05) is 25.7 Å². The topological polar surface area (TPSA) is 88.0 Å². The Morgan fingerprint density at radius 1 is 1.34 bits per heavy atom. The van der Waals surface area contributed by atoms with Crippen LogP contribution in [0.2, 0.25) is 5.02 Å². The minimum Gasteiger partial charge on any atom is -0.324 e. The maximum Gasteiger partial charge on any atom is 0.238 e. The zero-order chi connectivity index (χ0) is 20.5. The fraction of sp³-hybridized carbons (Fsp3) is 0.400. The number of para-hydroxylation sites is 1. The summed E-state index contributed by atoms with van der Waals surface area (Å²) in [7, 11) is 1.95. The number of nitrogens with zero attached hydrogens (tertiary/aromatic N) is 5. The molecule has 0 bridgehead atoms. The van der Waals surface area contributed by atoms with Gasteiger partial charge in [0.05, 0.1) is 29.5 Å². The first-order valence-electron chi connectivity index (χ1n) is 9.61. The highest BCUT2D eigenvalue weighted by Crippen LogP contribution is 2.29. The molecule has 1 aliphatic rings. The Labute approximate surface area is 174 Å². The molecule has 8 nitrogen and oxygen atoms in total. The van der Waals surface area contributed by atoms with Crippen molar-refractivity contribution in [2.75, 3.05) is 18.4 Å².